The first-order valence-electron chi connectivity index (χ1n) is 34.2. The highest BCUT2D eigenvalue weighted by Gasteiger charge is 2.16. The molecule has 0 bridgehead atoms. The number of halogens is 14. The van der Waals surface area contributed by atoms with Crippen molar-refractivity contribution in [2.45, 2.75) is 81.4 Å². The molecule has 1 atom stereocenters. The Morgan fingerprint density at radius 3 is 1.27 bits per heavy atom. The first kappa shape index (κ1) is 99.3. The summed E-state index contributed by atoms with van der Waals surface area (Å²) in [7, 11) is -1.40. The molecular formula is C85H75BCl8F4I2N14O4. The van der Waals surface area contributed by atoms with Crippen LogP contribution in [0.4, 0.5) is 57.8 Å². The highest BCUT2D eigenvalue weighted by Crippen LogP contribution is 2.34. The van der Waals surface area contributed by atoms with Crippen molar-refractivity contribution in [1.29, 1.82) is 0 Å². The Labute approximate surface area is 749 Å². The van der Waals surface area contributed by atoms with Gasteiger partial charge in [-0.2, -0.15) is 9.97 Å². The molecule has 610 valence electrons. The van der Waals surface area contributed by atoms with E-state index < -0.39 is 36.7 Å². The molecule has 1 saturated heterocycles. The number of terminal acetylenes is 1. The van der Waals surface area contributed by atoms with Crippen LogP contribution in [0.2, 0.25) is 41.1 Å². The average molecular weight is 1980 g/mol. The van der Waals surface area contributed by atoms with Crippen LogP contribution in [0.25, 0.3) is 55.0 Å². The highest BCUT2D eigenvalue weighted by molar-refractivity contribution is 14.1. The van der Waals surface area contributed by atoms with Crippen LogP contribution in [0.5, 0.6) is 0 Å². The molecule has 18 nitrogen and oxygen atoms in total. The zero-order valence-corrected chi connectivity index (χ0v) is 70.9. The predicted molar refractivity (Wildman–Crippen MR) is 496 cm³/mol. The smallest absolute Gasteiger partial charge is 0.423 e. The molecule has 1 fully saturated rings. The SMILES string of the molecule is C.C.C.C#CCC.CCC#Cc1ccc2nc(-c3cccnc3)nc(Nc3ccc(F)c(Cl)c3)c2c1.CCC#Cc1ccc2nc(Cl)nc(Nc3ccc(F)c(Cl)c3)c2c1.Clc1nc(Cl)c2cc(I)ccc2n1.Fc1ccc(Nc2nc(Cl)nc3ccc(I)cc23)cc1Cl.Nc1ccc(F)c(Cl)c1.OB(O)c1cccnc1.OC1CCCO1. The molecule has 0 amide bonds. The fourth-order valence-electron chi connectivity index (χ4n) is 9.52. The van der Waals surface area contributed by atoms with Gasteiger partial charge in [-0.1, -0.05) is 131 Å². The maximum absolute atomic E-state index is 13.5. The van der Waals surface area contributed by atoms with Gasteiger partial charge in [-0.3, -0.25) is 9.97 Å². The van der Waals surface area contributed by atoms with Crippen molar-refractivity contribution in [3.8, 4) is 47.4 Å². The van der Waals surface area contributed by atoms with E-state index in [2.05, 4.69) is 136 Å². The molecule has 118 heavy (non-hydrogen) atoms. The summed E-state index contributed by atoms with van der Waals surface area (Å²) >= 11 is 50.8. The van der Waals surface area contributed by atoms with Crippen molar-refractivity contribution in [2.75, 3.05) is 28.3 Å². The Morgan fingerprint density at radius 2 is 0.898 bits per heavy atom. The van der Waals surface area contributed by atoms with Crippen LogP contribution in [0, 0.1) is 66.4 Å². The number of pyridine rings is 2. The molecule has 8 N–H and O–H groups in total. The molecule has 14 aromatic rings. The number of nitrogens with zero attached hydrogens (tertiary/aromatic N) is 10. The van der Waals surface area contributed by atoms with Gasteiger partial charge in [0.05, 0.1) is 42.2 Å². The molecule has 6 aromatic heterocycles. The Hall–Kier alpha value is -9.30. The van der Waals surface area contributed by atoms with Gasteiger partial charge in [-0.25, -0.2) is 47.5 Å². The van der Waals surface area contributed by atoms with Gasteiger partial charge in [-0.05, 0) is 250 Å². The summed E-state index contributed by atoms with van der Waals surface area (Å²) in [4.78, 5) is 41.9. The van der Waals surface area contributed by atoms with E-state index in [9.17, 15) is 17.6 Å². The lowest BCUT2D eigenvalue weighted by Gasteiger charge is -2.12. The van der Waals surface area contributed by atoms with Gasteiger partial charge in [-0.15, -0.1) is 12.3 Å². The van der Waals surface area contributed by atoms with E-state index in [1.807, 2.05) is 106 Å². The molecule has 15 rings (SSSR count). The van der Waals surface area contributed by atoms with E-state index in [4.69, 9.17) is 130 Å². The van der Waals surface area contributed by atoms with Crippen LogP contribution >= 0.6 is 138 Å². The minimum absolute atomic E-state index is 0. The second kappa shape index (κ2) is 50.6. The largest absolute Gasteiger partial charge is 0.490 e. The monoisotopic (exact) mass is 1980 g/mol. The minimum Gasteiger partial charge on any atom is -0.423 e. The lowest BCUT2D eigenvalue weighted by molar-refractivity contribution is -0.0589. The maximum Gasteiger partial charge on any atom is 0.490 e. The van der Waals surface area contributed by atoms with E-state index in [1.54, 1.807) is 48.9 Å². The lowest BCUT2D eigenvalue weighted by Crippen LogP contribution is -2.29. The van der Waals surface area contributed by atoms with Gasteiger partial charge in [0.2, 0.25) is 15.9 Å². The fraction of sp³-hybridized carbons (Fsp3) is 0.153. The summed E-state index contributed by atoms with van der Waals surface area (Å²) in [5.74, 6) is 15.0. The zero-order valence-electron chi connectivity index (χ0n) is 60.5. The molecule has 8 aromatic carbocycles. The maximum atomic E-state index is 13.5. The highest BCUT2D eigenvalue weighted by atomic mass is 127. The molecule has 1 aliphatic heterocycles. The molecule has 1 aliphatic rings. The van der Waals surface area contributed by atoms with Gasteiger partial charge in [0, 0.05) is 131 Å². The molecule has 0 radical (unpaired) electrons. The van der Waals surface area contributed by atoms with E-state index in [0.717, 1.165) is 101 Å². The summed E-state index contributed by atoms with van der Waals surface area (Å²) in [6.45, 7) is 6.67. The topological polar surface area (TPSA) is 261 Å². The third-order valence-electron chi connectivity index (χ3n) is 14.9. The molecule has 7 heterocycles. The number of ether oxygens (including phenoxy) is 1. The summed E-state index contributed by atoms with van der Waals surface area (Å²) in [6.07, 6.45) is 14.9. The number of nitrogens with one attached hydrogen (secondary N) is 3. The van der Waals surface area contributed by atoms with Crippen LogP contribution < -0.4 is 27.1 Å². The quantitative estimate of drug-likeness (QED) is 0.0142. The predicted octanol–water partition coefficient (Wildman–Crippen LogP) is 24.4. The second-order valence-corrected chi connectivity index (χ2v) is 28.8. The van der Waals surface area contributed by atoms with Crippen molar-refractivity contribution >= 4 is 234 Å². The number of aromatic nitrogens is 10. The van der Waals surface area contributed by atoms with Crippen LogP contribution in [0.3, 0.4) is 0 Å². The Balaban J connectivity index is 0.000000254. The number of fused-ring (bicyclic) bond motifs is 4. The van der Waals surface area contributed by atoms with E-state index >= 15 is 0 Å². The van der Waals surface area contributed by atoms with Crippen molar-refractivity contribution in [1.82, 2.24) is 49.8 Å². The third kappa shape index (κ3) is 31.5. The lowest BCUT2D eigenvalue weighted by atomic mass is 9.82. The van der Waals surface area contributed by atoms with E-state index in [0.29, 0.717) is 62.2 Å². The molecule has 0 saturated carbocycles. The number of rotatable bonds is 8. The van der Waals surface area contributed by atoms with Crippen molar-refractivity contribution in [3.63, 3.8) is 0 Å². The number of hydrogen-bond acceptors (Lipinski definition) is 18. The zero-order chi connectivity index (χ0) is 83.1. The van der Waals surface area contributed by atoms with Crippen LogP contribution in [-0.2, 0) is 4.74 Å². The van der Waals surface area contributed by atoms with Gasteiger partial charge in [0.1, 0.15) is 45.9 Å². The summed E-state index contributed by atoms with van der Waals surface area (Å²) in [5.41, 5.74) is 13.5. The van der Waals surface area contributed by atoms with Gasteiger partial charge in [0.25, 0.3) is 0 Å². The van der Waals surface area contributed by atoms with E-state index in [1.165, 1.54) is 60.8 Å². The number of nitrogen functional groups attached to an aromatic ring is 1. The van der Waals surface area contributed by atoms with Gasteiger partial charge < -0.3 is 41.6 Å². The number of anilines is 7. The molecule has 33 heteroatoms. The Bertz CT molecular complexity index is 5870. The third-order valence-corrected chi connectivity index (χ3v) is 18.2. The fourth-order valence-corrected chi connectivity index (χ4v) is 12.0. The number of aliphatic hydroxyl groups is 1. The molecule has 0 aliphatic carbocycles. The number of benzene rings is 8. The summed E-state index contributed by atoms with van der Waals surface area (Å²) in [5, 5.41) is 39.3. The van der Waals surface area contributed by atoms with Crippen LogP contribution in [0.1, 0.15) is 86.3 Å². The van der Waals surface area contributed by atoms with E-state index in [-0.39, 0.29) is 58.2 Å². The first-order chi connectivity index (χ1) is 55.2. The Morgan fingerprint density at radius 1 is 0.492 bits per heavy atom. The normalized spacial score (nSPS) is 11.1. The number of hydrogen-bond donors (Lipinski definition) is 7. The number of nitrogens with two attached hydrogens (primary N) is 1. The second-order valence-electron chi connectivity index (χ2n) is 23.3. The summed E-state index contributed by atoms with van der Waals surface area (Å²) in [6, 6.07) is 47.1. The van der Waals surface area contributed by atoms with Gasteiger partial charge >= 0.3 is 7.12 Å². The van der Waals surface area contributed by atoms with Crippen LogP contribution in [0.15, 0.2) is 195 Å². The van der Waals surface area contributed by atoms with Gasteiger partial charge in [0.15, 0.2) is 12.1 Å². The molecule has 1 unspecified atom stereocenters. The molecule has 0 spiro atoms. The standard InChI is InChI=1S/C23H16ClFN4.C18H12Cl2FN3.C14H7Cl2FIN3.C8H3Cl2IN2.C6H5ClFN.C5H6BNO2.C4H8O2.C4H6.3CH4/c1-2-3-5-15-7-10-21-18(12-15)23(27-17-8-9-20(25)19(24)13-17)29-22(28-21)16-6-4-11-26-14-16;1-2-3-4-11-5-8-16-13(9-11)17(24-18(20)23-16)22-12-6-7-15(21)14(19)10-12;15-10-6-8(2-3-11(10)17)19-13-9-5-7(18)1-4-12(9)20-14(16)21-13;9-7-5-3-4(11)1-2-6(5)12-8(10)13-7;7-5-3-4(9)1-2-6(5)8;8-6(9)5-2-1-3-7-4-5;5-4-2-1-3-6-4;1-3-4-2;;;/h4,6-14H,2H2,1H3,(H,27,28,29);5-10H,2H2,1H3,(H,22,23,24);1-6H,(H,19,20,21);1-3H;1-3H,9H2;1-4,8-9H;4-5H,1-3H2;1H,4H2,2H3;3*1H4. The molecular weight excluding hydrogens is 1910 g/mol. The van der Waals surface area contributed by atoms with Crippen molar-refractivity contribution in [3.05, 3.63) is 277 Å². The summed E-state index contributed by atoms with van der Waals surface area (Å²) < 4.78 is 59.2. The van der Waals surface area contributed by atoms with Crippen molar-refractivity contribution in [2.24, 2.45) is 0 Å². The number of aliphatic hydroxyl groups excluding tert-OH is 1. The minimum atomic E-state index is -1.40. The Kier molecular flexibility index (Phi) is 42.6. The van der Waals surface area contributed by atoms with Crippen LogP contribution in [-0.4, -0.2) is 85.0 Å². The van der Waals surface area contributed by atoms with Crippen molar-refractivity contribution < 1.29 is 37.5 Å². The first-order valence-corrected chi connectivity index (χ1v) is 39.3. The average Bonchev–Trinajstić information content (AvgIpc) is 0.750.